The van der Waals surface area contributed by atoms with E-state index in [1.165, 1.54) is 29.2 Å². The topological polar surface area (TPSA) is 97.5 Å². The van der Waals surface area contributed by atoms with Crippen molar-refractivity contribution < 1.29 is 27.5 Å². The molecule has 0 aliphatic carbocycles. The van der Waals surface area contributed by atoms with E-state index in [2.05, 4.69) is 10.3 Å². The van der Waals surface area contributed by atoms with Crippen LogP contribution in [-0.4, -0.2) is 59.8 Å². The number of amides is 2. The molecular weight excluding hydrogens is 501 g/mol. The standard InChI is InChI=1S/C20H22ClF3N4O3S2/c21-16-2-1-12(5-15(16)20(22,23)24)8-28-3-4-31-14(9-28)7-26-18(30)11-33-19-27-13(10-32-19)6-17(25)29/h1-2,5,10,14H,3-4,6-9,11H2,(H2,25,29)(H,26,30). The Morgan fingerprint density at radius 1 is 1.39 bits per heavy atom. The minimum absolute atomic E-state index is 0.0618. The van der Waals surface area contributed by atoms with E-state index in [1.54, 1.807) is 11.4 Å². The molecule has 0 bridgehead atoms. The van der Waals surface area contributed by atoms with Crippen LogP contribution in [0.1, 0.15) is 16.8 Å². The number of thiazole rings is 1. The van der Waals surface area contributed by atoms with Crippen LogP contribution in [0.2, 0.25) is 5.02 Å². The highest BCUT2D eigenvalue weighted by Crippen LogP contribution is 2.35. The highest BCUT2D eigenvalue weighted by Gasteiger charge is 2.33. The first-order chi connectivity index (χ1) is 15.6. The maximum atomic E-state index is 13.1. The van der Waals surface area contributed by atoms with Gasteiger partial charge in [-0.15, -0.1) is 11.3 Å². The first-order valence-electron chi connectivity index (χ1n) is 9.92. The fourth-order valence-electron chi connectivity index (χ4n) is 3.21. The molecule has 1 aromatic carbocycles. The Morgan fingerprint density at radius 3 is 2.91 bits per heavy atom. The van der Waals surface area contributed by atoms with E-state index in [0.717, 1.165) is 6.07 Å². The number of benzene rings is 1. The van der Waals surface area contributed by atoms with Crippen molar-refractivity contribution in [2.24, 2.45) is 5.73 Å². The van der Waals surface area contributed by atoms with Crippen molar-refractivity contribution >= 4 is 46.5 Å². The Balaban J connectivity index is 1.44. The van der Waals surface area contributed by atoms with Crippen molar-refractivity contribution in [2.75, 3.05) is 32.0 Å². The fourth-order valence-corrected chi connectivity index (χ4v) is 5.11. The summed E-state index contributed by atoms with van der Waals surface area (Å²) in [6.45, 7) is 2.07. The van der Waals surface area contributed by atoms with Crippen LogP contribution in [0.3, 0.4) is 0 Å². The van der Waals surface area contributed by atoms with Gasteiger partial charge in [0.25, 0.3) is 0 Å². The van der Waals surface area contributed by atoms with Crippen LogP contribution in [0.5, 0.6) is 0 Å². The fraction of sp³-hybridized carbons (Fsp3) is 0.450. The molecule has 33 heavy (non-hydrogen) atoms. The number of primary amides is 1. The first-order valence-corrected chi connectivity index (χ1v) is 12.2. The molecule has 0 spiro atoms. The molecule has 3 rings (SSSR count). The average Bonchev–Trinajstić information content (AvgIpc) is 3.18. The van der Waals surface area contributed by atoms with Gasteiger partial charge in [0.1, 0.15) is 0 Å². The van der Waals surface area contributed by atoms with E-state index in [0.29, 0.717) is 41.8 Å². The third kappa shape index (κ3) is 8.14. The van der Waals surface area contributed by atoms with Crippen LogP contribution in [0.15, 0.2) is 27.9 Å². The van der Waals surface area contributed by atoms with Gasteiger partial charge in [-0.2, -0.15) is 13.2 Å². The Hall–Kier alpha value is -1.86. The molecule has 7 nitrogen and oxygen atoms in total. The highest BCUT2D eigenvalue weighted by atomic mass is 35.5. The molecule has 1 unspecified atom stereocenters. The van der Waals surface area contributed by atoms with Gasteiger partial charge < -0.3 is 15.8 Å². The number of nitrogens with one attached hydrogen (secondary N) is 1. The number of hydrogen-bond acceptors (Lipinski definition) is 7. The summed E-state index contributed by atoms with van der Waals surface area (Å²) in [5, 5.41) is 4.21. The van der Waals surface area contributed by atoms with E-state index in [4.69, 9.17) is 22.1 Å². The second-order valence-corrected chi connectivity index (χ2v) is 9.87. The predicted molar refractivity (Wildman–Crippen MR) is 120 cm³/mol. The van der Waals surface area contributed by atoms with Crippen LogP contribution in [0.25, 0.3) is 0 Å². The third-order valence-electron chi connectivity index (χ3n) is 4.70. The first kappa shape index (κ1) is 25.8. The number of hydrogen-bond donors (Lipinski definition) is 2. The van der Waals surface area contributed by atoms with Crippen LogP contribution >= 0.6 is 34.7 Å². The zero-order valence-electron chi connectivity index (χ0n) is 17.4. The SMILES string of the molecule is NC(=O)Cc1csc(SCC(=O)NCC2CN(Cc3ccc(Cl)c(C(F)(F)F)c3)CCO2)n1. The maximum absolute atomic E-state index is 13.1. The number of aromatic nitrogens is 1. The summed E-state index contributed by atoms with van der Waals surface area (Å²) in [6.07, 6.45) is -4.72. The quantitative estimate of drug-likeness (QED) is 0.491. The average molecular weight is 523 g/mol. The van der Waals surface area contributed by atoms with Gasteiger partial charge in [-0.3, -0.25) is 14.5 Å². The Labute approximate surface area is 201 Å². The number of alkyl halides is 3. The summed E-state index contributed by atoms with van der Waals surface area (Å²) in [5.41, 5.74) is 5.37. The van der Waals surface area contributed by atoms with Gasteiger partial charge in [0, 0.05) is 31.6 Å². The summed E-state index contributed by atoms with van der Waals surface area (Å²) in [5.74, 6) is -0.502. The molecule has 3 N–H and O–H groups in total. The third-order valence-corrected chi connectivity index (χ3v) is 7.10. The zero-order valence-corrected chi connectivity index (χ0v) is 19.8. The van der Waals surface area contributed by atoms with E-state index in [1.807, 2.05) is 4.90 Å². The lowest BCUT2D eigenvalue weighted by Gasteiger charge is -2.33. The Bertz CT molecular complexity index is 990. The van der Waals surface area contributed by atoms with Crippen LogP contribution in [0, 0.1) is 0 Å². The molecule has 0 saturated carbocycles. The number of nitrogens with two attached hydrogens (primary N) is 1. The van der Waals surface area contributed by atoms with Crippen LogP contribution < -0.4 is 11.1 Å². The second kappa shape index (κ2) is 11.5. The van der Waals surface area contributed by atoms with Gasteiger partial charge in [-0.05, 0) is 17.7 Å². The van der Waals surface area contributed by atoms with Gasteiger partial charge in [-0.25, -0.2) is 4.98 Å². The van der Waals surface area contributed by atoms with E-state index >= 15 is 0 Å². The molecule has 1 aromatic heterocycles. The van der Waals surface area contributed by atoms with Crippen molar-refractivity contribution in [3.63, 3.8) is 0 Å². The second-order valence-electron chi connectivity index (χ2n) is 7.38. The van der Waals surface area contributed by atoms with Gasteiger partial charge in [0.15, 0.2) is 4.34 Å². The van der Waals surface area contributed by atoms with Crippen molar-refractivity contribution in [2.45, 2.75) is 29.6 Å². The van der Waals surface area contributed by atoms with Gasteiger partial charge in [0.05, 0.1) is 41.2 Å². The highest BCUT2D eigenvalue weighted by molar-refractivity contribution is 8.01. The molecule has 1 saturated heterocycles. The van der Waals surface area contributed by atoms with E-state index in [-0.39, 0.29) is 35.8 Å². The lowest BCUT2D eigenvalue weighted by molar-refractivity contribution is -0.137. The molecule has 1 atom stereocenters. The lowest BCUT2D eigenvalue weighted by Crippen LogP contribution is -2.47. The summed E-state index contributed by atoms with van der Waals surface area (Å²) in [4.78, 5) is 29.3. The number of nitrogens with zero attached hydrogens (tertiary/aromatic N) is 2. The number of thioether (sulfide) groups is 1. The van der Waals surface area contributed by atoms with Crippen molar-refractivity contribution in [1.29, 1.82) is 0 Å². The number of carbonyl (C=O) groups is 2. The van der Waals surface area contributed by atoms with Gasteiger partial charge in [-0.1, -0.05) is 29.4 Å². The largest absolute Gasteiger partial charge is 0.417 e. The number of morpholine rings is 1. The Morgan fingerprint density at radius 2 is 2.18 bits per heavy atom. The zero-order chi connectivity index (χ0) is 24.0. The summed E-state index contributed by atoms with van der Waals surface area (Å²) < 4.78 is 45.6. The van der Waals surface area contributed by atoms with Crippen LogP contribution in [-0.2, 0) is 33.5 Å². The molecule has 1 fully saturated rings. The minimum atomic E-state index is -4.51. The lowest BCUT2D eigenvalue weighted by atomic mass is 10.1. The molecule has 13 heteroatoms. The number of carbonyl (C=O) groups excluding carboxylic acids is 2. The van der Waals surface area contributed by atoms with Crippen molar-refractivity contribution in [1.82, 2.24) is 15.2 Å². The summed E-state index contributed by atoms with van der Waals surface area (Å²) in [6, 6.07) is 3.91. The molecule has 0 radical (unpaired) electrons. The normalized spacial score (nSPS) is 17.2. The van der Waals surface area contributed by atoms with Crippen molar-refractivity contribution in [3.8, 4) is 0 Å². The number of halogens is 4. The molecule has 2 heterocycles. The molecule has 1 aliphatic rings. The summed E-state index contributed by atoms with van der Waals surface area (Å²) >= 11 is 8.28. The predicted octanol–water partition coefficient (Wildman–Crippen LogP) is 2.95. The molecule has 1 aliphatic heterocycles. The Kier molecular flexibility index (Phi) is 8.99. The maximum Gasteiger partial charge on any atom is 0.417 e. The van der Waals surface area contributed by atoms with E-state index in [9.17, 15) is 22.8 Å². The summed E-state index contributed by atoms with van der Waals surface area (Å²) in [7, 11) is 0. The molecular formula is C20H22ClF3N4O3S2. The molecule has 180 valence electrons. The van der Waals surface area contributed by atoms with E-state index < -0.39 is 17.6 Å². The monoisotopic (exact) mass is 522 g/mol. The van der Waals surface area contributed by atoms with Gasteiger partial charge in [0.2, 0.25) is 11.8 Å². The van der Waals surface area contributed by atoms with Gasteiger partial charge >= 0.3 is 6.18 Å². The number of rotatable bonds is 9. The number of ether oxygens (including phenoxy) is 1. The van der Waals surface area contributed by atoms with Crippen molar-refractivity contribution in [3.05, 3.63) is 45.4 Å². The minimum Gasteiger partial charge on any atom is -0.374 e. The molecule has 2 amide bonds. The van der Waals surface area contributed by atoms with Crippen LogP contribution in [0.4, 0.5) is 13.2 Å². The smallest absolute Gasteiger partial charge is 0.374 e. The molecule has 2 aromatic rings.